The molecule has 1 N–H and O–H groups in total. The van der Waals surface area contributed by atoms with E-state index in [1.54, 1.807) is 19.4 Å². The molecule has 0 radical (unpaired) electrons. The molecule has 1 aromatic rings. The van der Waals surface area contributed by atoms with Gasteiger partial charge in [0.05, 0.1) is 11.4 Å². The van der Waals surface area contributed by atoms with Crippen LogP contribution in [0.2, 0.25) is 5.02 Å². The van der Waals surface area contributed by atoms with E-state index in [0.29, 0.717) is 5.69 Å². The molecule has 106 valence electrons. The second-order valence-corrected chi connectivity index (χ2v) is 4.37. The van der Waals surface area contributed by atoms with Crippen LogP contribution in [0.1, 0.15) is 0 Å². The SMILES string of the molecule is CN(C)c1ccc(Cl)cc1NC(=O)C(F)(F)C(F)F. The first kappa shape index (κ1) is 15.6. The molecule has 0 spiro atoms. The summed E-state index contributed by atoms with van der Waals surface area (Å²) in [5, 5.41) is 1.94. The predicted molar refractivity (Wildman–Crippen MR) is 65.4 cm³/mol. The summed E-state index contributed by atoms with van der Waals surface area (Å²) < 4.78 is 49.8. The van der Waals surface area contributed by atoms with Crippen molar-refractivity contribution in [2.24, 2.45) is 0 Å². The standard InChI is InChI=1S/C11H11ClF4N2O/c1-18(2)8-4-3-6(12)5-7(8)17-10(19)11(15,16)9(13)14/h3-5,9H,1-2H3,(H,17,19). The summed E-state index contributed by atoms with van der Waals surface area (Å²) in [6.45, 7) is 0. The lowest BCUT2D eigenvalue weighted by Crippen LogP contribution is -2.41. The molecule has 0 bridgehead atoms. The Hall–Kier alpha value is -1.50. The highest BCUT2D eigenvalue weighted by Gasteiger charge is 2.49. The lowest BCUT2D eigenvalue weighted by atomic mass is 10.2. The Bertz CT molecular complexity index is 480. The van der Waals surface area contributed by atoms with Gasteiger partial charge in [-0.3, -0.25) is 4.79 Å². The van der Waals surface area contributed by atoms with Crippen molar-refractivity contribution in [2.45, 2.75) is 12.3 Å². The summed E-state index contributed by atoms with van der Waals surface area (Å²) in [6.07, 6.45) is -4.07. The number of nitrogens with one attached hydrogen (secondary N) is 1. The Morgan fingerprint density at radius 3 is 2.42 bits per heavy atom. The van der Waals surface area contributed by atoms with Crippen LogP contribution in [0.4, 0.5) is 28.9 Å². The Balaban J connectivity index is 3.06. The van der Waals surface area contributed by atoms with Gasteiger partial charge < -0.3 is 10.2 Å². The first-order chi connectivity index (χ1) is 8.66. The molecule has 1 amide bonds. The highest BCUT2D eigenvalue weighted by atomic mass is 35.5. The molecule has 0 fully saturated rings. The molecule has 0 aromatic heterocycles. The molecule has 0 aliphatic rings. The molecule has 3 nitrogen and oxygen atoms in total. The molecular weight excluding hydrogens is 288 g/mol. The van der Waals surface area contributed by atoms with Gasteiger partial charge >= 0.3 is 18.3 Å². The number of alkyl halides is 4. The summed E-state index contributed by atoms with van der Waals surface area (Å²) in [5.74, 6) is -6.83. The molecule has 0 saturated heterocycles. The molecule has 0 aliphatic heterocycles. The van der Waals surface area contributed by atoms with E-state index in [4.69, 9.17) is 11.6 Å². The molecular formula is C11H11ClF4N2O. The van der Waals surface area contributed by atoms with E-state index in [2.05, 4.69) is 0 Å². The van der Waals surface area contributed by atoms with Gasteiger partial charge in [-0.25, -0.2) is 8.78 Å². The number of rotatable bonds is 4. The average molecular weight is 299 g/mol. The minimum absolute atomic E-state index is 0.0668. The van der Waals surface area contributed by atoms with Crippen molar-refractivity contribution in [3.63, 3.8) is 0 Å². The third-order valence-corrected chi connectivity index (χ3v) is 2.50. The van der Waals surface area contributed by atoms with Crippen molar-refractivity contribution >= 4 is 28.9 Å². The maximum absolute atomic E-state index is 12.9. The van der Waals surface area contributed by atoms with Crippen molar-refractivity contribution < 1.29 is 22.4 Å². The minimum Gasteiger partial charge on any atom is -0.376 e. The summed E-state index contributed by atoms with van der Waals surface area (Å²) >= 11 is 5.68. The van der Waals surface area contributed by atoms with E-state index < -0.39 is 18.3 Å². The molecule has 1 aromatic carbocycles. The third kappa shape index (κ3) is 3.50. The number of amides is 1. The van der Waals surface area contributed by atoms with Crippen LogP contribution in [0.25, 0.3) is 0 Å². The quantitative estimate of drug-likeness (QED) is 0.866. The lowest BCUT2D eigenvalue weighted by Gasteiger charge is -2.20. The Labute approximate surface area is 112 Å². The van der Waals surface area contributed by atoms with E-state index in [-0.39, 0.29) is 10.7 Å². The largest absolute Gasteiger partial charge is 0.383 e. The second-order valence-electron chi connectivity index (χ2n) is 3.93. The average Bonchev–Trinajstić information content (AvgIpc) is 2.28. The molecule has 0 heterocycles. The minimum atomic E-state index is -4.76. The molecule has 0 unspecified atom stereocenters. The number of nitrogens with zero attached hydrogens (tertiary/aromatic N) is 1. The van der Waals surface area contributed by atoms with Crippen molar-refractivity contribution in [3.05, 3.63) is 23.2 Å². The van der Waals surface area contributed by atoms with Gasteiger partial charge in [-0.15, -0.1) is 0 Å². The van der Waals surface area contributed by atoms with Gasteiger partial charge in [-0.05, 0) is 18.2 Å². The molecule has 0 saturated carbocycles. The van der Waals surface area contributed by atoms with Crippen molar-refractivity contribution in [2.75, 3.05) is 24.3 Å². The van der Waals surface area contributed by atoms with Crippen LogP contribution < -0.4 is 10.2 Å². The fourth-order valence-corrected chi connectivity index (χ4v) is 1.48. The van der Waals surface area contributed by atoms with Crippen LogP contribution in [-0.2, 0) is 4.79 Å². The van der Waals surface area contributed by atoms with Gasteiger partial charge in [0.2, 0.25) is 0 Å². The number of hydrogen-bond acceptors (Lipinski definition) is 2. The van der Waals surface area contributed by atoms with E-state index in [1.165, 1.54) is 23.1 Å². The van der Waals surface area contributed by atoms with Gasteiger partial charge in [-0.2, -0.15) is 8.78 Å². The van der Waals surface area contributed by atoms with Gasteiger partial charge in [0.25, 0.3) is 0 Å². The first-order valence-electron chi connectivity index (χ1n) is 5.10. The number of carbonyl (C=O) groups excluding carboxylic acids is 1. The topological polar surface area (TPSA) is 32.3 Å². The zero-order valence-electron chi connectivity index (χ0n) is 10.1. The maximum Gasteiger partial charge on any atom is 0.383 e. The highest BCUT2D eigenvalue weighted by molar-refractivity contribution is 6.31. The van der Waals surface area contributed by atoms with Gasteiger partial charge in [0.15, 0.2) is 0 Å². The van der Waals surface area contributed by atoms with Crippen LogP contribution in [-0.4, -0.2) is 32.4 Å². The number of benzene rings is 1. The van der Waals surface area contributed by atoms with Crippen LogP contribution in [0.15, 0.2) is 18.2 Å². The number of halogens is 5. The van der Waals surface area contributed by atoms with E-state index in [9.17, 15) is 22.4 Å². The molecule has 0 aliphatic carbocycles. The number of anilines is 2. The number of hydrogen-bond donors (Lipinski definition) is 1. The molecule has 0 atom stereocenters. The monoisotopic (exact) mass is 298 g/mol. The molecule has 19 heavy (non-hydrogen) atoms. The maximum atomic E-state index is 12.9. The molecule has 8 heteroatoms. The lowest BCUT2D eigenvalue weighted by molar-refractivity contribution is -0.163. The fourth-order valence-electron chi connectivity index (χ4n) is 1.30. The summed E-state index contributed by atoms with van der Waals surface area (Å²) in [6, 6.07) is 4.16. The van der Waals surface area contributed by atoms with Crippen molar-refractivity contribution in [1.82, 2.24) is 0 Å². The third-order valence-electron chi connectivity index (χ3n) is 2.27. The van der Waals surface area contributed by atoms with Crippen molar-refractivity contribution in [1.29, 1.82) is 0 Å². The van der Waals surface area contributed by atoms with Crippen LogP contribution in [0, 0.1) is 0 Å². The smallest absolute Gasteiger partial charge is 0.376 e. The number of carbonyl (C=O) groups is 1. The second kappa shape index (κ2) is 5.64. The normalized spacial score (nSPS) is 11.6. The van der Waals surface area contributed by atoms with Gasteiger partial charge in [-0.1, -0.05) is 11.6 Å². The van der Waals surface area contributed by atoms with Crippen LogP contribution in [0.5, 0.6) is 0 Å². The Kier molecular flexibility index (Phi) is 4.62. The van der Waals surface area contributed by atoms with Gasteiger partial charge in [0, 0.05) is 19.1 Å². The zero-order valence-corrected chi connectivity index (χ0v) is 10.8. The zero-order chi connectivity index (χ0) is 14.8. The predicted octanol–water partition coefficient (Wildman–Crippen LogP) is 3.24. The summed E-state index contributed by atoms with van der Waals surface area (Å²) in [4.78, 5) is 12.7. The van der Waals surface area contributed by atoms with Crippen molar-refractivity contribution in [3.8, 4) is 0 Å². The van der Waals surface area contributed by atoms with E-state index in [1.807, 2.05) is 0 Å². The fraction of sp³-hybridized carbons (Fsp3) is 0.364. The van der Waals surface area contributed by atoms with Crippen LogP contribution in [0.3, 0.4) is 0 Å². The molecule has 1 rings (SSSR count). The van der Waals surface area contributed by atoms with Gasteiger partial charge in [0.1, 0.15) is 0 Å². The first-order valence-corrected chi connectivity index (χ1v) is 5.48. The summed E-state index contributed by atoms with van der Waals surface area (Å²) in [7, 11) is 3.20. The van der Waals surface area contributed by atoms with Crippen LogP contribution >= 0.6 is 11.6 Å². The Morgan fingerprint density at radius 2 is 1.95 bits per heavy atom. The van der Waals surface area contributed by atoms with E-state index >= 15 is 0 Å². The van der Waals surface area contributed by atoms with E-state index in [0.717, 1.165) is 0 Å². The Morgan fingerprint density at radius 1 is 1.37 bits per heavy atom. The highest BCUT2D eigenvalue weighted by Crippen LogP contribution is 2.30. The summed E-state index contributed by atoms with van der Waals surface area (Å²) in [5.41, 5.74) is 0.297.